The molecule has 0 spiro atoms. The maximum atomic E-state index is 5.86. The molecule has 0 saturated carbocycles. The summed E-state index contributed by atoms with van der Waals surface area (Å²) in [6.45, 7) is 6.45. The van der Waals surface area contributed by atoms with Crippen molar-refractivity contribution in [2.75, 3.05) is 0 Å². The van der Waals surface area contributed by atoms with Crippen molar-refractivity contribution in [1.82, 2.24) is 0 Å². The van der Waals surface area contributed by atoms with E-state index in [4.69, 9.17) is 4.42 Å². The molecule has 0 aliphatic carbocycles. The molecule has 0 saturated heterocycles. The Labute approximate surface area is 105 Å². The molecule has 0 radical (unpaired) electrons. The van der Waals surface area contributed by atoms with Crippen LogP contribution < -0.4 is 0 Å². The Morgan fingerprint density at radius 1 is 0.938 bits per heavy atom. The molecule has 0 aliphatic heterocycles. The molecule has 84 valence electrons. The van der Waals surface area contributed by atoms with Crippen LogP contribution in [0, 0.1) is 0 Å². The SMILES string of the molecule is CC(C)(C)c1ccc(-c2ccc(Br)cc2)o1. The standard InChI is InChI=1S/C14H15BrO/c1-14(2,3)13-9-8-12(16-13)10-4-6-11(15)7-5-10/h4-9H,1-3H3. The summed E-state index contributed by atoms with van der Waals surface area (Å²) in [5.41, 5.74) is 1.17. The Hall–Kier alpha value is -1.02. The summed E-state index contributed by atoms with van der Waals surface area (Å²) in [5, 5.41) is 0. The van der Waals surface area contributed by atoms with E-state index < -0.39 is 0 Å². The molecule has 0 atom stereocenters. The van der Waals surface area contributed by atoms with E-state index in [1.165, 1.54) is 0 Å². The van der Waals surface area contributed by atoms with Crippen LogP contribution in [0.25, 0.3) is 11.3 Å². The molecule has 0 N–H and O–H groups in total. The highest BCUT2D eigenvalue weighted by Gasteiger charge is 2.18. The van der Waals surface area contributed by atoms with Gasteiger partial charge in [-0.15, -0.1) is 0 Å². The number of halogens is 1. The number of hydrogen-bond donors (Lipinski definition) is 0. The van der Waals surface area contributed by atoms with E-state index in [2.05, 4.69) is 54.9 Å². The van der Waals surface area contributed by atoms with Gasteiger partial charge in [0.1, 0.15) is 11.5 Å². The van der Waals surface area contributed by atoms with Crippen LogP contribution in [0.1, 0.15) is 26.5 Å². The summed E-state index contributed by atoms with van der Waals surface area (Å²) in [6.07, 6.45) is 0. The van der Waals surface area contributed by atoms with Crippen LogP contribution in [0.15, 0.2) is 45.3 Å². The van der Waals surface area contributed by atoms with E-state index in [1.54, 1.807) is 0 Å². The predicted molar refractivity (Wildman–Crippen MR) is 70.5 cm³/mol. The number of furan rings is 1. The highest BCUT2D eigenvalue weighted by atomic mass is 79.9. The van der Waals surface area contributed by atoms with Gasteiger partial charge < -0.3 is 4.42 Å². The van der Waals surface area contributed by atoms with Crippen molar-refractivity contribution in [1.29, 1.82) is 0 Å². The van der Waals surface area contributed by atoms with Gasteiger partial charge in [0.25, 0.3) is 0 Å². The maximum Gasteiger partial charge on any atom is 0.134 e. The van der Waals surface area contributed by atoms with Crippen molar-refractivity contribution in [3.63, 3.8) is 0 Å². The lowest BCUT2D eigenvalue weighted by atomic mass is 9.94. The summed E-state index contributed by atoms with van der Waals surface area (Å²) in [6, 6.07) is 12.2. The third-order valence-electron chi connectivity index (χ3n) is 2.47. The fraction of sp³-hybridized carbons (Fsp3) is 0.286. The zero-order valence-electron chi connectivity index (χ0n) is 9.75. The Bertz CT molecular complexity index is 474. The Balaban J connectivity index is 2.35. The molecule has 0 unspecified atom stereocenters. The van der Waals surface area contributed by atoms with E-state index in [9.17, 15) is 0 Å². The molecule has 0 aliphatic rings. The minimum atomic E-state index is 0.0631. The zero-order valence-corrected chi connectivity index (χ0v) is 11.3. The topological polar surface area (TPSA) is 13.1 Å². The molecular formula is C14H15BrO. The van der Waals surface area contributed by atoms with Crippen molar-refractivity contribution in [2.45, 2.75) is 26.2 Å². The van der Waals surface area contributed by atoms with Crippen LogP contribution in [0.2, 0.25) is 0 Å². The first-order valence-corrected chi connectivity index (χ1v) is 6.12. The lowest BCUT2D eigenvalue weighted by Gasteiger charge is -2.14. The van der Waals surface area contributed by atoms with Crippen LogP contribution in [0.3, 0.4) is 0 Å². The van der Waals surface area contributed by atoms with Gasteiger partial charge >= 0.3 is 0 Å². The number of hydrogen-bond acceptors (Lipinski definition) is 1. The lowest BCUT2D eigenvalue weighted by Crippen LogP contribution is -2.08. The molecule has 2 heteroatoms. The van der Waals surface area contributed by atoms with Crippen molar-refractivity contribution < 1.29 is 4.42 Å². The fourth-order valence-corrected chi connectivity index (χ4v) is 1.77. The molecule has 1 nitrogen and oxygen atoms in total. The smallest absolute Gasteiger partial charge is 0.134 e. The summed E-state index contributed by atoms with van der Waals surface area (Å²) in [4.78, 5) is 0. The van der Waals surface area contributed by atoms with Crippen molar-refractivity contribution in [3.8, 4) is 11.3 Å². The van der Waals surface area contributed by atoms with Gasteiger partial charge in [-0.25, -0.2) is 0 Å². The van der Waals surface area contributed by atoms with Crippen LogP contribution in [-0.2, 0) is 5.41 Å². The second-order valence-electron chi connectivity index (χ2n) is 4.92. The van der Waals surface area contributed by atoms with E-state index in [-0.39, 0.29) is 5.41 Å². The zero-order chi connectivity index (χ0) is 11.8. The second kappa shape index (κ2) is 4.10. The summed E-state index contributed by atoms with van der Waals surface area (Å²) in [7, 11) is 0. The normalized spacial score (nSPS) is 11.8. The van der Waals surface area contributed by atoms with Crippen molar-refractivity contribution in [2.24, 2.45) is 0 Å². The molecule has 0 amide bonds. The molecule has 1 aromatic carbocycles. The van der Waals surface area contributed by atoms with Crippen molar-refractivity contribution >= 4 is 15.9 Å². The minimum Gasteiger partial charge on any atom is -0.461 e. The first-order chi connectivity index (χ1) is 7.47. The summed E-state index contributed by atoms with van der Waals surface area (Å²) in [5.74, 6) is 1.95. The molecule has 2 aromatic rings. The van der Waals surface area contributed by atoms with Gasteiger partial charge in [0, 0.05) is 15.5 Å². The van der Waals surface area contributed by atoms with Gasteiger partial charge in [-0.05, 0) is 24.3 Å². The largest absolute Gasteiger partial charge is 0.461 e. The summed E-state index contributed by atoms with van der Waals surface area (Å²) < 4.78 is 6.94. The van der Waals surface area contributed by atoms with Crippen LogP contribution in [-0.4, -0.2) is 0 Å². The van der Waals surface area contributed by atoms with E-state index in [0.29, 0.717) is 0 Å². The highest BCUT2D eigenvalue weighted by molar-refractivity contribution is 9.10. The van der Waals surface area contributed by atoms with Gasteiger partial charge in [0.05, 0.1) is 0 Å². The molecule has 0 fully saturated rings. The lowest BCUT2D eigenvalue weighted by molar-refractivity contribution is 0.417. The molecule has 1 aromatic heterocycles. The highest BCUT2D eigenvalue weighted by Crippen LogP contribution is 2.29. The maximum absolute atomic E-state index is 5.86. The van der Waals surface area contributed by atoms with Gasteiger partial charge in [-0.2, -0.15) is 0 Å². The third kappa shape index (κ3) is 2.38. The third-order valence-corrected chi connectivity index (χ3v) is 3.00. The van der Waals surface area contributed by atoms with E-state index in [0.717, 1.165) is 21.6 Å². The van der Waals surface area contributed by atoms with Crippen LogP contribution >= 0.6 is 15.9 Å². The molecule has 1 heterocycles. The second-order valence-corrected chi connectivity index (χ2v) is 5.84. The van der Waals surface area contributed by atoms with Gasteiger partial charge in [-0.3, -0.25) is 0 Å². The Morgan fingerprint density at radius 2 is 1.56 bits per heavy atom. The van der Waals surface area contributed by atoms with E-state index in [1.807, 2.05) is 18.2 Å². The summed E-state index contributed by atoms with van der Waals surface area (Å²) >= 11 is 3.42. The molecule has 2 rings (SSSR count). The van der Waals surface area contributed by atoms with Gasteiger partial charge in [-0.1, -0.05) is 48.8 Å². The molecule has 0 bridgehead atoms. The first-order valence-electron chi connectivity index (χ1n) is 5.33. The minimum absolute atomic E-state index is 0.0631. The van der Waals surface area contributed by atoms with E-state index >= 15 is 0 Å². The quantitative estimate of drug-likeness (QED) is 0.715. The predicted octanol–water partition coefficient (Wildman–Crippen LogP) is 5.01. The van der Waals surface area contributed by atoms with Crippen LogP contribution in [0.5, 0.6) is 0 Å². The monoisotopic (exact) mass is 278 g/mol. The number of benzene rings is 1. The Morgan fingerprint density at radius 3 is 2.06 bits per heavy atom. The fourth-order valence-electron chi connectivity index (χ4n) is 1.51. The molecule has 16 heavy (non-hydrogen) atoms. The average molecular weight is 279 g/mol. The van der Waals surface area contributed by atoms with Crippen LogP contribution in [0.4, 0.5) is 0 Å². The molecular weight excluding hydrogens is 264 g/mol. The number of rotatable bonds is 1. The first kappa shape index (κ1) is 11.5. The van der Waals surface area contributed by atoms with Gasteiger partial charge in [0.2, 0.25) is 0 Å². The average Bonchev–Trinajstić information content (AvgIpc) is 2.67. The Kier molecular flexibility index (Phi) is 2.94. The van der Waals surface area contributed by atoms with Crippen molar-refractivity contribution in [3.05, 3.63) is 46.6 Å². The van der Waals surface area contributed by atoms with Gasteiger partial charge in [0.15, 0.2) is 0 Å².